The molecule has 4 N–H and O–H groups in total. The van der Waals surface area contributed by atoms with Gasteiger partial charge in [0, 0.05) is 0 Å². The van der Waals surface area contributed by atoms with Gasteiger partial charge in [-0.25, -0.2) is 0 Å². The van der Waals surface area contributed by atoms with Gasteiger partial charge in [-0.15, -0.1) is 0 Å². The van der Waals surface area contributed by atoms with Gasteiger partial charge in [-0.2, -0.15) is 0 Å². The van der Waals surface area contributed by atoms with Crippen LogP contribution in [0.25, 0.3) is 0 Å². The van der Waals surface area contributed by atoms with Crippen molar-refractivity contribution in [1.82, 2.24) is 0 Å². The lowest BCUT2D eigenvalue weighted by Crippen LogP contribution is -2.59. The summed E-state index contributed by atoms with van der Waals surface area (Å²) in [6.07, 6.45) is -5.62. The zero-order valence-electron chi connectivity index (χ0n) is 12.3. The van der Waals surface area contributed by atoms with E-state index in [0.29, 0.717) is 6.42 Å². The first kappa shape index (κ1) is 17.1. The summed E-state index contributed by atoms with van der Waals surface area (Å²) in [7, 11) is 1.59. The minimum Gasteiger partial charge on any atom is -0.497 e. The van der Waals surface area contributed by atoms with E-state index >= 15 is 0 Å². The van der Waals surface area contributed by atoms with Crippen LogP contribution < -0.4 is 4.74 Å². The highest BCUT2D eigenvalue weighted by molar-refractivity contribution is 5.27. The monoisotopic (exact) mass is 314 g/mol. The number of methoxy groups -OCH3 is 1. The molecular formula is C15H22O7. The maximum absolute atomic E-state index is 9.83. The number of ether oxygens (including phenoxy) is 3. The minimum absolute atomic E-state index is 0.259. The van der Waals surface area contributed by atoms with Crippen LogP contribution in [0.15, 0.2) is 24.3 Å². The van der Waals surface area contributed by atoms with Gasteiger partial charge in [0.05, 0.1) is 20.3 Å². The van der Waals surface area contributed by atoms with Crippen LogP contribution >= 0.6 is 0 Å². The normalized spacial score (nSPS) is 32.0. The molecule has 0 unspecified atom stereocenters. The van der Waals surface area contributed by atoms with Crippen molar-refractivity contribution >= 4 is 0 Å². The fourth-order valence-corrected chi connectivity index (χ4v) is 2.29. The summed E-state index contributed by atoms with van der Waals surface area (Å²) in [5.74, 6) is 0.763. The standard InChI is InChI=1S/C15H22O7/c1-20-10-4-2-9(3-5-10)6-7-21-15-14(19)13(18)12(17)11(8-16)22-15/h2-5,11-19H,6-8H2,1H3/t11-,12-,13+,14-,15-/m1/s1. The molecule has 1 aliphatic rings. The molecule has 1 saturated heterocycles. The van der Waals surface area contributed by atoms with Gasteiger partial charge in [0.25, 0.3) is 0 Å². The Morgan fingerprint density at radius 2 is 1.73 bits per heavy atom. The van der Waals surface area contributed by atoms with Crippen molar-refractivity contribution in [3.8, 4) is 5.75 Å². The highest BCUT2D eigenvalue weighted by atomic mass is 16.7. The van der Waals surface area contributed by atoms with Crippen LogP contribution in [0.2, 0.25) is 0 Å². The first-order valence-corrected chi connectivity index (χ1v) is 7.12. The molecule has 1 heterocycles. The zero-order valence-corrected chi connectivity index (χ0v) is 12.3. The Morgan fingerprint density at radius 3 is 2.32 bits per heavy atom. The van der Waals surface area contributed by atoms with Gasteiger partial charge in [-0.05, 0) is 24.1 Å². The largest absolute Gasteiger partial charge is 0.497 e. The Kier molecular flexibility index (Phi) is 6.13. The van der Waals surface area contributed by atoms with Gasteiger partial charge in [0.15, 0.2) is 6.29 Å². The van der Waals surface area contributed by atoms with Crippen molar-refractivity contribution in [2.45, 2.75) is 37.1 Å². The molecule has 2 rings (SSSR count). The molecule has 0 amide bonds. The van der Waals surface area contributed by atoms with Crippen LogP contribution in [0.5, 0.6) is 5.75 Å². The van der Waals surface area contributed by atoms with Gasteiger partial charge in [0.1, 0.15) is 30.2 Å². The average Bonchev–Trinajstić information content (AvgIpc) is 2.55. The quantitative estimate of drug-likeness (QED) is 0.536. The summed E-state index contributed by atoms with van der Waals surface area (Å²) in [4.78, 5) is 0. The molecule has 0 bridgehead atoms. The highest BCUT2D eigenvalue weighted by Crippen LogP contribution is 2.22. The number of aliphatic hydroxyl groups excluding tert-OH is 4. The lowest BCUT2D eigenvalue weighted by atomic mass is 9.99. The third-order valence-corrected chi connectivity index (χ3v) is 3.68. The van der Waals surface area contributed by atoms with E-state index in [2.05, 4.69) is 0 Å². The lowest BCUT2D eigenvalue weighted by Gasteiger charge is -2.39. The molecule has 124 valence electrons. The van der Waals surface area contributed by atoms with Crippen LogP contribution in [0, 0.1) is 0 Å². The smallest absolute Gasteiger partial charge is 0.186 e. The molecule has 7 nitrogen and oxygen atoms in total. The number of rotatable bonds is 6. The van der Waals surface area contributed by atoms with E-state index in [1.54, 1.807) is 7.11 Å². The number of hydrogen-bond donors (Lipinski definition) is 4. The van der Waals surface area contributed by atoms with Crippen LogP contribution in [-0.4, -0.2) is 71.5 Å². The number of hydrogen-bond acceptors (Lipinski definition) is 7. The third kappa shape index (κ3) is 3.95. The van der Waals surface area contributed by atoms with Crippen molar-refractivity contribution < 1.29 is 34.6 Å². The van der Waals surface area contributed by atoms with E-state index in [9.17, 15) is 15.3 Å². The third-order valence-electron chi connectivity index (χ3n) is 3.68. The van der Waals surface area contributed by atoms with Crippen molar-refractivity contribution in [3.63, 3.8) is 0 Å². The van der Waals surface area contributed by atoms with Gasteiger partial charge >= 0.3 is 0 Å². The fourth-order valence-electron chi connectivity index (χ4n) is 2.29. The van der Waals surface area contributed by atoms with Crippen LogP contribution in [0.3, 0.4) is 0 Å². The summed E-state index contributed by atoms with van der Waals surface area (Å²) >= 11 is 0. The van der Waals surface area contributed by atoms with Crippen molar-refractivity contribution in [1.29, 1.82) is 0 Å². The summed E-state index contributed by atoms with van der Waals surface area (Å²) in [6, 6.07) is 7.47. The Bertz CT molecular complexity index is 448. The lowest BCUT2D eigenvalue weighted by molar-refractivity contribution is -0.300. The second-order valence-corrected chi connectivity index (χ2v) is 5.17. The molecule has 22 heavy (non-hydrogen) atoms. The number of benzene rings is 1. The van der Waals surface area contributed by atoms with Gasteiger partial charge < -0.3 is 34.6 Å². The predicted molar refractivity (Wildman–Crippen MR) is 76.4 cm³/mol. The topological polar surface area (TPSA) is 109 Å². The van der Waals surface area contributed by atoms with E-state index < -0.39 is 37.3 Å². The van der Waals surface area contributed by atoms with E-state index in [4.69, 9.17) is 19.3 Å². The Hall–Kier alpha value is -1.22. The Morgan fingerprint density at radius 1 is 1.05 bits per heavy atom. The van der Waals surface area contributed by atoms with Crippen LogP contribution in [0.1, 0.15) is 5.56 Å². The van der Waals surface area contributed by atoms with Crippen molar-refractivity contribution in [2.24, 2.45) is 0 Å². The Labute approximate surface area is 128 Å². The molecule has 1 aromatic rings. The van der Waals surface area contributed by atoms with Crippen LogP contribution in [-0.2, 0) is 15.9 Å². The van der Waals surface area contributed by atoms with E-state index in [-0.39, 0.29) is 6.61 Å². The van der Waals surface area contributed by atoms with E-state index in [1.165, 1.54) is 0 Å². The molecular weight excluding hydrogens is 292 g/mol. The average molecular weight is 314 g/mol. The fraction of sp³-hybridized carbons (Fsp3) is 0.600. The van der Waals surface area contributed by atoms with Crippen molar-refractivity contribution in [2.75, 3.05) is 20.3 Å². The maximum atomic E-state index is 9.83. The van der Waals surface area contributed by atoms with Gasteiger partial charge in [-0.3, -0.25) is 0 Å². The molecule has 1 aliphatic heterocycles. The molecule has 7 heteroatoms. The summed E-state index contributed by atoms with van der Waals surface area (Å²) in [5, 5.41) is 38.2. The first-order valence-electron chi connectivity index (χ1n) is 7.12. The van der Waals surface area contributed by atoms with Gasteiger partial charge in [0.2, 0.25) is 0 Å². The van der Waals surface area contributed by atoms with Crippen LogP contribution in [0.4, 0.5) is 0 Å². The highest BCUT2D eigenvalue weighted by Gasteiger charge is 2.43. The molecule has 1 fully saturated rings. The number of aliphatic hydroxyl groups is 4. The molecule has 0 aliphatic carbocycles. The summed E-state index contributed by atoms with van der Waals surface area (Å²) < 4.78 is 15.7. The minimum atomic E-state index is -1.42. The summed E-state index contributed by atoms with van der Waals surface area (Å²) in [6.45, 7) is -0.210. The van der Waals surface area contributed by atoms with Crippen molar-refractivity contribution in [3.05, 3.63) is 29.8 Å². The first-order chi connectivity index (χ1) is 10.6. The van der Waals surface area contributed by atoms with E-state index in [0.717, 1.165) is 11.3 Å². The SMILES string of the molecule is COc1ccc(CCO[C@@H]2O[C@H](CO)[C@@H](O)[C@H](O)[C@H]2O)cc1. The molecule has 1 aromatic carbocycles. The molecule has 0 radical (unpaired) electrons. The summed E-state index contributed by atoms with van der Waals surface area (Å²) in [5.41, 5.74) is 1.02. The maximum Gasteiger partial charge on any atom is 0.186 e. The second-order valence-electron chi connectivity index (χ2n) is 5.17. The predicted octanol–water partition coefficient (Wildman–Crippen LogP) is -0.946. The molecule has 5 atom stereocenters. The van der Waals surface area contributed by atoms with E-state index in [1.807, 2.05) is 24.3 Å². The molecule has 0 aromatic heterocycles. The molecule has 0 saturated carbocycles. The Balaban J connectivity index is 1.84. The zero-order chi connectivity index (χ0) is 16.1. The second kappa shape index (κ2) is 7.87. The molecule has 0 spiro atoms. The van der Waals surface area contributed by atoms with Gasteiger partial charge in [-0.1, -0.05) is 12.1 Å².